The number of hydrogen-bond donors (Lipinski definition) is 3. The third kappa shape index (κ3) is 8.53. The van der Waals surface area contributed by atoms with Crippen molar-refractivity contribution in [1.29, 1.82) is 0 Å². The summed E-state index contributed by atoms with van der Waals surface area (Å²) in [4.78, 5) is 61.5. The first-order valence-electron chi connectivity index (χ1n) is 13.3. The summed E-state index contributed by atoms with van der Waals surface area (Å²) in [5, 5.41) is 21.7. The molecule has 0 aromatic heterocycles. The molecule has 0 aliphatic heterocycles. The molecule has 1 aliphatic rings. The number of nitrogens with zero attached hydrogens (tertiary/aromatic N) is 1. The van der Waals surface area contributed by atoms with Crippen LogP contribution in [-0.2, 0) is 14.4 Å². The number of amides is 2. The van der Waals surface area contributed by atoms with Crippen LogP contribution in [0.25, 0.3) is 10.8 Å². The Morgan fingerprint density at radius 1 is 1.08 bits per heavy atom. The molecule has 3 rings (SSSR count). The molecule has 0 heterocycles. The van der Waals surface area contributed by atoms with Crippen LogP contribution in [0.1, 0.15) is 78.5 Å². The Hall–Kier alpha value is -3.95. The first-order chi connectivity index (χ1) is 18.7. The minimum atomic E-state index is -1.18. The van der Waals surface area contributed by atoms with Gasteiger partial charge in [-0.3, -0.25) is 19.2 Å². The topological polar surface area (TPSA) is 150 Å². The van der Waals surface area contributed by atoms with Crippen molar-refractivity contribution in [2.75, 3.05) is 20.2 Å². The molecule has 10 heteroatoms. The van der Waals surface area contributed by atoms with Crippen LogP contribution >= 0.6 is 0 Å². The van der Waals surface area contributed by atoms with Gasteiger partial charge < -0.3 is 25.2 Å². The van der Waals surface area contributed by atoms with E-state index in [4.69, 9.17) is 14.9 Å². The van der Waals surface area contributed by atoms with Crippen LogP contribution in [0.4, 0.5) is 0 Å². The standard InChI is InChI=1S/C29H36N2O8/c1-31(15-5-8-19-6-3-2-4-7-19)29(38)24(12-14-26(33)34)30-28(37)21-9-11-22-20(16-21)10-13-25(23(22)17-32)39-18-27(35)36/h9-11,13,16-17,19,24H,2-8,12,14-15,18H2,1H3,(H,30,37)(H,33,34)(H,35,36)/t24-/m0/s1. The van der Waals surface area contributed by atoms with Gasteiger partial charge in [0.15, 0.2) is 12.9 Å². The van der Waals surface area contributed by atoms with E-state index in [2.05, 4.69) is 5.32 Å². The predicted octanol–water partition coefficient (Wildman–Crippen LogP) is 3.90. The highest BCUT2D eigenvalue weighted by Crippen LogP contribution is 2.28. The Bertz CT molecular complexity index is 1210. The number of carboxylic acids is 2. The molecule has 1 atom stereocenters. The zero-order valence-electron chi connectivity index (χ0n) is 22.2. The molecule has 2 aromatic rings. The Kier molecular flexibility index (Phi) is 10.8. The predicted molar refractivity (Wildman–Crippen MR) is 144 cm³/mol. The van der Waals surface area contributed by atoms with Crippen LogP contribution < -0.4 is 10.1 Å². The maximum absolute atomic E-state index is 13.2. The molecule has 0 radical (unpaired) electrons. The van der Waals surface area contributed by atoms with E-state index >= 15 is 0 Å². The largest absolute Gasteiger partial charge is 0.481 e. The number of hydrogen-bond acceptors (Lipinski definition) is 6. The lowest BCUT2D eigenvalue weighted by Gasteiger charge is -2.26. The molecule has 1 fully saturated rings. The van der Waals surface area contributed by atoms with Crippen molar-refractivity contribution in [2.24, 2.45) is 5.92 Å². The number of rotatable bonds is 14. The molecule has 0 saturated heterocycles. The summed E-state index contributed by atoms with van der Waals surface area (Å²) in [6.45, 7) is -0.0703. The number of nitrogens with one attached hydrogen (secondary N) is 1. The number of carbonyl (C=O) groups excluding carboxylic acids is 3. The van der Waals surface area contributed by atoms with Gasteiger partial charge in [-0.05, 0) is 54.2 Å². The van der Waals surface area contributed by atoms with Crippen LogP contribution in [0.3, 0.4) is 0 Å². The number of aldehydes is 1. The average molecular weight is 541 g/mol. The highest BCUT2D eigenvalue weighted by molar-refractivity contribution is 6.05. The van der Waals surface area contributed by atoms with Crippen molar-refractivity contribution >= 4 is 40.8 Å². The van der Waals surface area contributed by atoms with Gasteiger partial charge in [0.25, 0.3) is 5.91 Å². The molecule has 3 N–H and O–H groups in total. The zero-order chi connectivity index (χ0) is 28.4. The van der Waals surface area contributed by atoms with E-state index in [1.807, 2.05) is 0 Å². The number of likely N-dealkylation sites (N-methyl/N-ethyl adjacent to an activating group) is 1. The smallest absolute Gasteiger partial charge is 0.341 e. The van der Waals surface area contributed by atoms with Gasteiger partial charge >= 0.3 is 11.9 Å². The van der Waals surface area contributed by atoms with E-state index in [1.54, 1.807) is 30.1 Å². The van der Waals surface area contributed by atoms with Crippen LogP contribution in [0.15, 0.2) is 30.3 Å². The average Bonchev–Trinajstić information content (AvgIpc) is 2.93. The fourth-order valence-electron chi connectivity index (χ4n) is 5.10. The number of fused-ring (bicyclic) bond motifs is 1. The minimum absolute atomic E-state index is 0.0416. The van der Waals surface area contributed by atoms with Crippen molar-refractivity contribution < 1.29 is 38.9 Å². The normalized spacial score (nSPS) is 14.4. The molecule has 0 bridgehead atoms. The minimum Gasteiger partial charge on any atom is -0.481 e. The highest BCUT2D eigenvalue weighted by Gasteiger charge is 2.26. The Morgan fingerprint density at radius 2 is 1.82 bits per heavy atom. The van der Waals surface area contributed by atoms with E-state index in [9.17, 15) is 24.0 Å². The SMILES string of the molecule is CN(CCCC1CCCCC1)C(=O)[C@H](CCC(=O)O)NC(=O)c1ccc2c(C=O)c(OCC(=O)O)ccc2c1. The Balaban J connectivity index is 1.70. The maximum Gasteiger partial charge on any atom is 0.341 e. The zero-order valence-corrected chi connectivity index (χ0v) is 22.2. The summed E-state index contributed by atoms with van der Waals surface area (Å²) >= 11 is 0. The number of carboxylic acid groups (broad SMARTS) is 2. The summed E-state index contributed by atoms with van der Waals surface area (Å²) in [6, 6.07) is 6.64. The van der Waals surface area contributed by atoms with Crippen molar-refractivity contribution in [2.45, 2.75) is 63.8 Å². The third-order valence-electron chi connectivity index (χ3n) is 7.21. The summed E-state index contributed by atoms with van der Waals surface area (Å²) in [6.07, 6.45) is 8.41. The van der Waals surface area contributed by atoms with Crippen LogP contribution in [-0.4, -0.2) is 71.4 Å². The molecule has 0 unspecified atom stereocenters. The molecule has 1 aliphatic carbocycles. The van der Waals surface area contributed by atoms with Gasteiger partial charge in [0.1, 0.15) is 11.8 Å². The molecule has 2 aromatic carbocycles. The molecule has 2 amide bonds. The summed E-state index contributed by atoms with van der Waals surface area (Å²) < 4.78 is 5.18. The monoisotopic (exact) mass is 540 g/mol. The van der Waals surface area contributed by atoms with E-state index in [1.165, 1.54) is 44.2 Å². The van der Waals surface area contributed by atoms with Gasteiger partial charge in [-0.1, -0.05) is 44.2 Å². The number of ether oxygens (including phenoxy) is 1. The first-order valence-corrected chi connectivity index (χ1v) is 13.3. The second-order valence-electron chi connectivity index (χ2n) is 10.1. The second kappa shape index (κ2) is 14.3. The third-order valence-corrected chi connectivity index (χ3v) is 7.21. The molecular formula is C29H36N2O8. The lowest BCUT2D eigenvalue weighted by Crippen LogP contribution is -2.47. The van der Waals surface area contributed by atoms with Crippen molar-refractivity contribution in [3.63, 3.8) is 0 Å². The van der Waals surface area contributed by atoms with E-state index in [-0.39, 0.29) is 35.6 Å². The van der Waals surface area contributed by atoms with Crippen LogP contribution in [0.2, 0.25) is 0 Å². The van der Waals surface area contributed by atoms with Crippen LogP contribution in [0.5, 0.6) is 5.75 Å². The summed E-state index contributed by atoms with van der Waals surface area (Å²) in [7, 11) is 1.67. The van der Waals surface area contributed by atoms with Gasteiger partial charge in [-0.25, -0.2) is 4.79 Å². The highest BCUT2D eigenvalue weighted by atomic mass is 16.5. The molecule has 1 saturated carbocycles. The van der Waals surface area contributed by atoms with Gasteiger partial charge in [0.2, 0.25) is 5.91 Å². The quantitative estimate of drug-likeness (QED) is 0.305. The van der Waals surface area contributed by atoms with Gasteiger partial charge in [-0.15, -0.1) is 0 Å². The Morgan fingerprint density at radius 3 is 2.49 bits per heavy atom. The van der Waals surface area contributed by atoms with Gasteiger partial charge in [-0.2, -0.15) is 0 Å². The van der Waals surface area contributed by atoms with Crippen molar-refractivity contribution in [3.8, 4) is 5.75 Å². The van der Waals surface area contributed by atoms with E-state index < -0.39 is 30.5 Å². The number of carbonyl (C=O) groups is 5. The molecular weight excluding hydrogens is 504 g/mol. The lowest BCUT2D eigenvalue weighted by molar-refractivity contribution is -0.140. The molecule has 210 valence electrons. The number of aliphatic carboxylic acids is 2. The van der Waals surface area contributed by atoms with Crippen LogP contribution in [0, 0.1) is 5.92 Å². The van der Waals surface area contributed by atoms with Crippen molar-refractivity contribution in [1.82, 2.24) is 10.2 Å². The lowest BCUT2D eigenvalue weighted by atomic mass is 9.86. The summed E-state index contributed by atoms with van der Waals surface area (Å²) in [5.41, 5.74) is 0.386. The second-order valence-corrected chi connectivity index (χ2v) is 10.1. The fourth-order valence-corrected chi connectivity index (χ4v) is 5.10. The van der Waals surface area contributed by atoms with E-state index in [0.29, 0.717) is 29.5 Å². The fraction of sp³-hybridized carbons (Fsp3) is 0.483. The molecule has 0 spiro atoms. The summed E-state index contributed by atoms with van der Waals surface area (Å²) in [5.74, 6) is -2.32. The Labute approximate surface area is 227 Å². The van der Waals surface area contributed by atoms with Crippen molar-refractivity contribution in [3.05, 3.63) is 41.5 Å². The van der Waals surface area contributed by atoms with Gasteiger partial charge in [0.05, 0.1) is 5.56 Å². The van der Waals surface area contributed by atoms with E-state index in [0.717, 1.165) is 12.8 Å². The van der Waals surface area contributed by atoms with Gasteiger partial charge in [0, 0.05) is 25.6 Å². The molecule has 39 heavy (non-hydrogen) atoms. The molecule has 10 nitrogen and oxygen atoms in total. The first kappa shape index (κ1) is 29.6. The maximum atomic E-state index is 13.2. The number of benzene rings is 2.